The minimum Gasteiger partial charge on any atom is -0.397 e. The van der Waals surface area contributed by atoms with Gasteiger partial charge in [-0.1, -0.05) is 35.3 Å². The van der Waals surface area contributed by atoms with Gasteiger partial charge in [-0.3, -0.25) is 0 Å². The summed E-state index contributed by atoms with van der Waals surface area (Å²) in [6.45, 7) is 0.144. The predicted octanol–water partition coefficient (Wildman–Crippen LogP) is 3.05. The first-order valence-electron chi connectivity index (χ1n) is 5.67. The molecule has 0 saturated heterocycles. The average Bonchev–Trinajstić information content (AvgIpc) is 2.40. The molecule has 2 rings (SSSR count). The zero-order valence-electron chi connectivity index (χ0n) is 10.3. The van der Waals surface area contributed by atoms with E-state index in [-0.39, 0.29) is 17.1 Å². The zero-order chi connectivity index (χ0) is 14.8. The molecular weight excluding hydrogens is 319 g/mol. The van der Waals surface area contributed by atoms with Crippen molar-refractivity contribution in [2.24, 2.45) is 0 Å². The van der Waals surface area contributed by atoms with Crippen LogP contribution in [0.25, 0.3) is 0 Å². The molecule has 0 aliphatic rings. The van der Waals surface area contributed by atoms with Crippen LogP contribution < -0.4 is 10.5 Å². The normalized spacial score (nSPS) is 11.5. The molecule has 0 aliphatic heterocycles. The van der Waals surface area contributed by atoms with Crippen LogP contribution in [0.15, 0.2) is 47.4 Å². The van der Waals surface area contributed by atoms with E-state index in [9.17, 15) is 8.42 Å². The van der Waals surface area contributed by atoms with Gasteiger partial charge in [-0.15, -0.1) is 0 Å². The van der Waals surface area contributed by atoms with E-state index in [1.807, 2.05) is 0 Å². The third-order valence-electron chi connectivity index (χ3n) is 2.63. The number of nitrogens with two attached hydrogens (primary N) is 1. The third-order valence-corrected chi connectivity index (χ3v) is 4.61. The van der Waals surface area contributed by atoms with Crippen molar-refractivity contribution >= 4 is 38.9 Å². The van der Waals surface area contributed by atoms with Gasteiger partial charge in [0.25, 0.3) is 0 Å². The lowest BCUT2D eigenvalue weighted by Gasteiger charge is -2.08. The summed E-state index contributed by atoms with van der Waals surface area (Å²) in [5.41, 5.74) is 6.59. The van der Waals surface area contributed by atoms with Gasteiger partial charge < -0.3 is 5.73 Å². The highest BCUT2D eigenvalue weighted by molar-refractivity contribution is 7.89. The molecule has 0 radical (unpaired) electrons. The molecule has 0 heterocycles. The molecule has 20 heavy (non-hydrogen) atoms. The molecule has 4 nitrogen and oxygen atoms in total. The number of hydrogen-bond donors (Lipinski definition) is 2. The highest BCUT2D eigenvalue weighted by atomic mass is 35.5. The Kier molecular flexibility index (Phi) is 4.55. The van der Waals surface area contributed by atoms with Crippen LogP contribution in [0, 0.1) is 0 Å². The van der Waals surface area contributed by atoms with Crippen LogP contribution in [-0.4, -0.2) is 8.42 Å². The third kappa shape index (κ3) is 3.64. The summed E-state index contributed by atoms with van der Waals surface area (Å²) >= 11 is 11.6. The van der Waals surface area contributed by atoms with Gasteiger partial charge in [-0.05, 0) is 35.9 Å². The lowest BCUT2D eigenvalue weighted by molar-refractivity contribution is 0.581. The number of halogens is 2. The highest BCUT2D eigenvalue weighted by Gasteiger charge is 2.14. The molecular formula is C13H12Cl2N2O2S. The standard InChI is InChI=1S/C13H12Cl2N2O2S/c14-10-3-1-2-9(6-10)8-17-20(18,19)11-4-5-12(15)13(16)7-11/h1-7,17H,8,16H2. The van der Waals surface area contributed by atoms with Crippen LogP contribution in [-0.2, 0) is 16.6 Å². The molecule has 0 bridgehead atoms. The molecule has 2 aromatic carbocycles. The van der Waals surface area contributed by atoms with E-state index in [0.717, 1.165) is 5.56 Å². The van der Waals surface area contributed by atoms with E-state index < -0.39 is 10.0 Å². The van der Waals surface area contributed by atoms with Crippen LogP contribution in [0.5, 0.6) is 0 Å². The Bertz CT molecular complexity index is 733. The molecule has 0 spiro atoms. The maximum absolute atomic E-state index is 12.1. The lowest BCUT2D eigenvalue weighted by Crippen LogP contribution is -2.23. The van der Waals surface area contributed by atoms with E-state index >= 15 is 0 Å². The second kappa shape index (κ2) is 6.01. The molecule has 3 N–H and O–H groups in total. The summed E-state index contributed by atoms with van der Waals surface area (Å²) < 4.78 is 26.7. The minimum absolute atomic E-state index is 0.0708. The Morgan fingerprint density at radius 2 is 1.85 bits per heavy atom. The summed E-state index contributed by atoms with van der Waals surface area (Å²) in [7, 11) is -3.64. The number of benzene rings is 2. The van der Waals surface area contributed by atoms with Crippen LogP contribution in [0.3, 0.4) is 0 Å². The van der Waals surface area contributed by atoms with Gasteiger partial charge >= 0.3 is 0 Å². The predicted molar refractivity (Wildman–Crippen MR) is 81.3 cm³/mol. The van der Waals surface area contributed by atoms with Crippen LogP contribution >= 0.6 is 23.2 Å². The van der Waals surface area contributed by atoms with Crippen LogP contribution in [0.4, 0.5) is 5.69 Å². The molecule has 0 saturated carbocycles. The number of nitrogens with one attached hydrogen (secondary N) is 1. The second-order valence-electron chi connectivity index (χ2n) is 4.14. The van der Waals surface area contributed by atoms with Gasteiger partial charge in [0, 0.05) is 11.6 Å². The van der Waals surface area contributed by atoms with Gasteiger partial charge in [0.2, 0.25) is 10.0 Å². The Morgan fingerprint density at radius 3 is 2.50 bits per heavy atom. The first-order chi connectivity index (χ1) is 9.38. The number of sulfonamides is 1. The van der Waals surface area contributed by atoms with Crippen molar-refractivity contribution < 1.29 is 8.42 Å². The number of hydrogen-bond acceptors (Lipinski definition) is 3. The maximum atomic E-state index is 12.1. The van der Waals surface area contributed by atoms with E-state index in [1.165, 1.54) is 18.2 Å². The van der Waals surface area contributed by atoms with Gasteiger partial charge in [-0.2, -0.15) is 0 Å². The van der Waals surface area contributed by atoms with Gasteiger partial charge in [0.15, 0.2) is 0 Å². The van der Waals surface area contributed by atoms with Gasteiger partial charge in [0.1, 0.15) is 0 Å². The highest BCUT2D eigenvalue weighted by Crippen LogP contribution is 2.22. The summed E-state index contributed by atoms with van der Waals surface area (Å²) in [6, 6.07) is 11.1. The van der Waals surface area contributed by atoms with E-state index in [1.54, 1.807) is 24.3 Å². The molecule has 106 valence electrons. The minimum atomic E-state index is -3.64. The largest absolute Gasteiger partial charge is 0.397 e. The van der Waals surface area contributed by atoms with Crippen molar-refractivity contribution in [3.8, 4) is 0 Å². The molecule has 0 aliphatic carbocycles. The van der Waals surface area contributed by atoms with Crippen molar-refractivity contribution in [1.82, 2.24) is 4.72 Å². The van der Waals surface area contributed by atoms with Crippen molar-refractivity contribution in [3.05, 3.63) is 58.1 Å². The summed E-state index contributed by atoms with van der Waals surface area (Å²) in [5.74, 6) is 0. The Labute approximate surface area is 127 Å². The lowest BCUT2D eigenvalue weighted by atomic mass is 10.2. The summed E-state index contributed by atoms with van der Waals surface area (Å²) in [6.07, 6.45) is 0. The maximum Gasteiger partial charge on any atom is 0.240 e. The summed E-state index contributed by atoms with van der Waals surface area (Å²) in [4.78, 5) is 0.0708. The van der Waals surface area contributed by atoms with Crippen LogP contribution in [0.2, 0.25) is 10.0 Å². The fraction of sp³-hybridized carbons (Fsp3) is 0.0769. The topological polar surface area (TPSA) is 72.2 Å². The first kappa shape index (κ1) is 15.1. The van der Waals surface area contributed by atoms with Crippen molar-refractivity contribution in [2.75, 3.05) is 5.73 Å². The Hall–Kier alpha value is -1.27. The Morgan fingerprint density at radius 1 is 1.10 bits per heavy atom. The molecule has 0 amide bonds. The van der Waals surface area contributed by atoms with E-state index in [4.69, 9.17) is 28.9 Å². The smallest absolute Gasteiger partial charge is 0.240 e. The quantitative estimate of drug-likeness (QED) is 0.846. The van der Waals surface area contributed by atoms with Crippen molar-refractivity contribution in [3.63, 3.8) is 0 Å². The molecule has 0 unspecified atom stereocenters. The molecule has 2 aromatic rings. The fourth-order valence-electron chi connectivity index (χ4n) is 1.60. The molecule has 0 atom stereocenters. The van der Waals surface area contributed by atoms with Crippen molar-refractivity contribution in [2.45, 2.75) is 11.4 Å². The number of nitrogen functional groups attached to an aromatic ring is 1. The molecule has 0 aromatic heterocycles. The van der Waals surface area contributed by atoms with Gasteiger partial charge in [0.05, 0.1) is 15.6 Å². The second-order valence-corrected chi connectivity index (χ2v) is 6.75. The van der Waals surface area contributed by atoms with E-state index in [0.29, 0.717) is 10.0 Å². The van der Waals surface area contributed by atoms with Gasteiger partial charge in [-0.25, -0.2) is 13.1 Å². The molecule has 7 heteroatoms. The number of anilines is 1. The number of rotatable bonds is 4. The van der Waals surface area contributed by atoms with E-state index in [2.05, 4.69) is 4.72 Å². The monoisotopic (exact) mass is 330 g/mol. The SMILES string of the molecule is Nc1cc(S(=O)(=O)NCc2cccc(Cl)c2)ccc1Cl. The molecule has 0 fully saturated rings. The first-order valence-corrected chi connectivity index (χ1v) is 7.91. The fourth-order valence-corrected chi connectivity index (χ4v) is 2.98. The average molecular weight is 331 g/mol. The zero-order valence-corrected chi connectivity index (χ0v) is 12.6. The van der Waals surface area contributed by atoms with Crippen LogP contribution in [0.1, 0.15) is 5.56 Å². The Balaban J connectivity index is 2.17. The van der Waals surface area contributed by atoms with Crippen molar-refractivity contribution in [1.29, 1.82) is 0 Å². The summed E-state index contributed by atoms with van der Waals surface area (Å²) in [5, 5.41) is 0.872.